The number of hydrogen-bond donors (Lipinski definition) is 3. The summed E-state index contributed by atoms with van der Waals surface area (Å²) in [6, 6.07) is 14.3. The number of carboxylic acid groups (broad SMARTS) is 1. The molecular weight excluding hydrogens is 586 g/mol. The summed E-state index contributed by atoms with van der Waals surface area (Å²) in [6.45, 7) is 6.07. The fraction of sp³-hybridized carbons (Fsp3) is 0.500. The number of ether oxygens (including phenoxy) is 2. The van der Waals surface area contributed by atoms with Crippen LogP contribution in [0.5, 0.6) is 5.75 Å². The molecule has 1 saturated carbocycles. The van der Waals surface area contributed by atoms with E-state index in [1.165, 1.54) is 11.0 Å². The molecule has 246 valence electrons. The Labute approximate surface area is 270 Å². The minimum absolute atomic E-state index is 0.107. The molecule has 2 aromatic carbocycles. The molecule has 5 atom stereocenters. The molecule has 1 aliphatic carbocycles. The molecule has 5 rings (SSSR count). The van der Waals surface area contributed by atoms with E-state index in [1.807, 2.05) is 43.3 Å². The maximum Gasteiger partial charge on any atom is 0.407 e. The van der Waals surface area contributed by atoms with Crippen molar-refractivity contribution in [3.05, 3.63) is 66.7 Å². The van der Waals surface area contributed by atoms with Crippen LogP contribution in [0.2, 0.25) is 0 Å². The van der Waals surface area contributed by atoms with Crippen LogP contribution in [0.3, 0.4) is 0 Å². The van der Waals surface area contributed by atoms with Crippen LogP contribution in [-0.4, -0.2) is 70.8 Å². The highest BCUT2D eigenvalue weighted by atomic mass is 16.5. The van der Waals surface area contributed by atoms with Gasteiger partial charge in [0.1, 0.15) is 29.5 Å². The lowest BCUT2D eigenvalue weighted by Crippen LogP contribution is -2.56. The van der Waals surface area contributed by atoms with Gasteiger partial charge >= 0.3 is 12.1 Å². The first-order valence-electron chi connectivity index (χ1n) is 16.5. The van der Waals surface area contributed by atoms with Crippen molar-refractivity contribution >= 4 is 23.9 Å². The van der Waals surface area contributed by atoms with Crippen molar-refractivity contribution in [3.8, 4) is 16.9 Å². The number of nitrogens with one attached hydrogen (secondary N) is 2. The normalized spacial score (nSPS) is 26.8. The maximum atomic E-state index is 14.1. The zero-order chi connectivity index (χ0) is 32.7. The molecule has 0 unspecified atom stereocenters. The summed E-state index contributed by atoms with van der Waals surface area (Å²) in [5.41, 5.74) is 1.64. The number of carboxylic acids is 1. The second kappa shape index (κ2) is 14.8. The fourth-order valence-corrected chi connectivity index (χ4v) is 6.54. The second-order valence-electron chi connectivity index (χ2n) is 12.6. The number of aryl methyl sites for hydroxylation is 1. The Morgan fingerprint density at radius 2 is 1.89 bits per heavy atom. The maximum absolute atomic E-state index is 14.1. The minimum Gasteiger partial charge on any atom is -0.488 e. The SMILES string of the molecule is C=C[C@H]1C[C@]1(NC(=O)[C@@H]1C[C@@H]2CN1C(=O)[C@H](CCCC)NC(=O)OCCCCCCc1ccc(-c3ccccc3)cc1O2)C(=O)O. The fourth-order valence-electron chi connectivity index (χ4n) is 6.54. The molecule has 3 amide bonds. The van der Waals surface area contributed by atoms with Crippen molar-refractivity contribution in [1.82, 2.24) is 15.5 Å². The van der Waals surface area contributed by atoms with E-state index in [9.17, 15) is 24.3 Å². The molecule has 2 aromatic rings. The monoisotopic (exact) mass is 631 g/mol. The quantitative estimate of drug-likeness (QED) is 0.339. The number of carbonyl (C=O) groups excluding carboxylic acids is 3. The van der Waals surface area contributed by atoms with Gasteiger partial charge in [-0.2, -0.15) is 0 Å². The van der Waals surface area contributed by atoms with Crippen LogP contribution in [0.25, 0.3) is 11.1 Å². The summed E-state index contributed by atoms with van der Waals surface area (Å²) in [5, 5.41) is 15.4. The standard InChI is InChI=1S/C36H45N3O7/c1-3-5-16-29-33(41)39-23-28(21-30(39)32(40)38-36(34(42)43)22-27(36)4-2)46-31-20-26(24-13-10-8-11-14-24)18-17-25(31)15-9-6-7-12-19-45-35(44)37-29/h4,8,10-11,13-14,17-18,20,27-30H,2-3,5-7,9,12,15-16,19,21-23H2,1H3,(H,37,44)(H,38,40)(H,42,43)/t27-,28+,29-,30-,36+/m0/s1. The van der Waals surface area contributed by atoms with Crippen LogP contribution in [0.4, 0.5) is 4.79 Å². The smallest absolute Gasteiger partial charge is 0.407 e. The number of unbranched alkanes of at least 4 members (excludes halogenated alkanes) is 1. The van der Waals surface area contributed by atoms with Crippen LogP contribution in [0, 0.1) is 5.92 Å². The van der Waals surface area contributed by atoms with Crippen LogP contribution in [-0.2, 0) is 25.5 Å². The summed E-state index contributed by atoms with van der Waals surface area (Å²) in [6.07, 6.45) is 6.89. The van der Waals surface area contributed by atoms with Gasteiger partial charge < -0.3 is 30.1 Å². The van der Waals surface area contributed by atoms with Gasteiger partial charge in [-0.1, -0.05) is 81.1 Å². The van der Waals surface area contributed by atoms with Crippen LogP contribution < -0.4 is 15.4 Å². The van der Waals surface area contributed by atoms with Gasteiger partial charge in [0.25, 0.3) is 0 Å². The Morgan fingerprint density at radius 1 is 1.11 bits per heavy atom. The molecule has 10 heteroatoms. The average molecular weight is 632 g/mol. The predicted molar refractivity (Wildman–Crippen MR) is 173 cm³/mol. The molecule has 2 fully saturated rings. The van der Waals surface area contributed by atoms with Gasteiger partial charge in [0.2, 0.25) is 11.8 Å². The lowest BCUT2D eigenvalue weighted by Gasteiger charge is -2.29. The Kier molecular flexibility index (Phi) is 10.7. The van der Waals surface area contributed by atoms with Gasteiger partial charge in [0.05, 0.1) is 13.2 Å². The highest BCUT2D eigenvalue weighted by Crippen LogP contribution is 2.45. The number of cyclic esters (lactones) is 1. The number of fused-ring (bicyclic) bond motifs is 3. The molecule has 1 saturated heterocycles. The highest BCUT2D eigenvalue weighted by molar-refractivity contribution is 5.96. The Balaban J connectivity index is 1.47. The molecule has 2 bridgehead atoms. The summed E-state index contributed by atoms with van der Waals surface area (Å²) in [5.74, 6) is -1.81. The summed E-state index contributed by atoms with van der Waals surface area (Å²) in [7, 11) is 0. The van der Waals surface area contributed by atoms with Crippen molar-refractivity contribution < 1.29 is 33.8 Å². The molecule has 0 spiro atoms. The summed E-state index contributed by atoms with van der Waals surface area (Å²) >= 11 is 0. The third-order valence-corrected chi connectivity index (χ3v) is 9.35. The van der Waals surface area contributed by atoms with Crippen molar-refractivity contribution in [2.24, 2.45) is 5.92 Å². The minimum atomic E-state index is -1.44. The van der Waals surface area contributed by atoms with Crippen LogP contribution >= 0.6 is 0 Å². The highest BCUT2D eigenvalue weighted by Gasteiger charge is 2.61. The first kappa shape index (κ1) is 33.0. The Bertz CT molecular complexity index is 1430. The van der Waals surface area contributed by atoms with Crippen molar-refractivity contribution in [1.29, 1.82) is 0 Å². The third-order valence-electron chi connectivity index (χ3n) is 9.35. The molecule has 0 aromatic heterocycles. The second-order valence-corrected chi connectivity index (χ2v) is 12.6. The zero-order valence-electron chi connectivity index (χ0n) is 26.5. The molecule has 46 heavy (non-hydrogen) atoms. The summed E-state index contributed by atoms with van der Waals surface area (Å²) < 4.78 is 12.1. The van der Waals surface area contributed by atoms with Gasteiger partial charge in [-0.25, -0.2) is 9.59 Å². The zero-order valence-corrected chi connectivity index (χ0v) is 26.5. The first-order chi connectivity index (χ1) is 22.3. The van der Waals surface area contributed by atoms with Crippen molar-refractivity contribution in [2.75, 3.05) is 13.2 Å². The number of nitrogens with zero attached hydrogens (tertiary/aromatic N) is 1. The molecule has 2 aliphatic heterocycles. The van der Waals surface area contributed by atoms with Crippen molar-refractivity contribution in [3.63, 3.8) is 0 Å². The number of carbonyl (C=O) groups is 4. The largest absolute Gasteiger partial charge is 0.488 e. The molecule has 3 aliphatic rings. The lowest BCUT2D eigenvalue weighted by molar-refractivity contribution is -0.145. The van der Waals surface area contributed by atoms with Gasteiger partial charge in [0.15, 0.2) is 0 Å². The van der Waals surface area contributed by atoms with E-state index in [1.54, 1.807) is 0 Å². The van der Waals surface area contributed by atoms with Gasteiger partial charge in [0, 0.05) is 12.3 Å². The number of aliphatic carboxylic acids is 1. The average Bonchev–Trinajstić information content (AvgIpc) is 3.62. The lowest BCUT2D eigenvalue weighted by atomic mass is 9.99. The van der Waals surface area contributed by atoms with E-state index < -0.39 is 53.5 Å². The van der Waals surface area contributed by atoms with E-state index in [2.05, 4.69) is 29.3 Å². The molecule has 3 N–H and O–H groups in total. The number of rotatable bonds is 8. The number of hydrogen-bond acceptors (Lipinski definition) is 6. The Hall–Kier alpha value is -4.34. The first-order valence-corrected chi connectivity index (χ1v) is 16.5. The van der Waals surface area contributed by atoms with Gasteiger partial charge in [-0.3, -0.25) is 9.59 Å². The number of benzene rings is 2. The van der Waals surface area contributed by atoms with E-state index in [0.717, 1.165) is 48.8 Å². The molecule has 2 heterocycles. The molecular formula is C36H45N3O7. The predicted octanol–water partition coefficient (Wildman–Crippen LogP) is 5.25. The topological polar surface area (TPSA) is 134 Å². The third kappa shape index (κ3) is 7.54. The summed E-state index contributed by atoms with van der Waals surface area (Å²) in [4.78, 5) is 54.3. The molecule has 10 nitrogen and oxygen atoms in total. The Morgan fingerprint density at radius 3 is 2.61 bits per heavy atom. The van der Waals surface area contributed by atoms with E-state index in [-0.39, 0.29) is 26.0 Å². The van der Waals surface area contributed by atoms with E-state index in [0.29, 0.717) is 25.0 Å². The molecule has 0 radical (unpaired) electrons. The van der Waals surface area contributed by atoms with Gasteiger partial charge in [-0.05, 0) is 54.9 Å². The number of amides is 3. The number of alkyl carbamates (subject to hydrolysis) is 1. The van der Waals surface area contributed by atoms with Gasteiger partial charge in [-0.15, -0.1) is 6.58 Å². The van der Waals surface area contributed by atoms with E-state index in [4.69, 9.17) is 9.47 Å². The van der Waals surface area contributed by atoms with E-state index >= 15 is 0 Å². The van der Waals surface area contributed by atoms with Crippen molar-refractivity contribution in [2.45, 2.75) is 94.9 Å². The van der Waals surface area contributed by atoms with Crippen LogP contribution in [0.15, 0.2) is 61.2 Å². The van der Waals surface area contributed by atoms with Crippen LogP contribution in [0.1, 0.15) is 70.3 Å².